The van der Waals surface area contributed by atoms with Crippen LogP contribution in [-0.4, -0.2) is 27.9 Å². The van der Waals surface area contributed by atoms with Gasteiger partial charge >= 0.3 is 0 Å². The van der Waals surface area contributed by atoms with Crippen LogP contribution >= 0.6 is 0 Å². The Hall–Kier alpha value is -1.85. The van der Waals surface area contributed by atoms with Crippen LogP contribution in [0.4, 0.5) is 0 Å². The van der Waals surface area contributed by atoms with Crippen molar-refractivity contribution in [3.05, 3.63) is 18.2 Å². The van der Waals surface area contributed by atoms with Crippen molar-refractivity contribution >= 4 is 11.8 Å². The summed E-state index contributed by atoms with van der Waals surface area (Å²) in [6.45, 7) is 0.859. The van der Waals surface area contributed by atoms with Crippen molar-refractivity contribution in [1.29, 1.82) is 0 Å². The summed E-state index contributed by atoms with van der Waals surface area (Å²) in [7, 11) is 1.88. The molecule has 0 saturated carbocycles. The van der Waals surface area contributed by atoms with Crippen molar-refractivity contribution in [2.75, 3.05) is 6.54 Å². The minimum atomic E-state index is -0.118. The van der Waals surface area contributed by atoms with Gasteiger partial charge < -0.3 is 15.2 Å². The van der Waals surface area contributed by atoms with Gasteiger partial charge in [-0.15, -0.1) is 0 Å². The highest BCUT2D eigenvalue weighted by molar-refractivity contribution is 5.83. The van der Waals surface area contributed by atoms with Crippen LogP contribution in [0.2, 0.25) is 0 Å². The zero-order valence-corrected chi connectivity index (χ0v) is 9.77. The predicted octanol–water partition coefficient (Wildman–Crippen LogP) is -0.437. The molecule has 1 aromatic rings. The molecule has 2 rings (SSSR count). The molecule has 92 valence electrons. The molecule has 1 aliphatic heterocycles. The molecule has 0 spiro atoms. The molecule has 1 aliphatic rings. The maximum atomic E-state index is 11.8. The molecule has 1 fully saturated rings. The Bertz CT molecular complexity index is 417. The van der Waals surface area contributed by atoms with Crippen molar-refractivity contribution in [3.63, 3.8) is 0 Å². The first-order chi connectivity index (χ1) is 8.16. The Morgan fingerprint density at radius 3 is 3.12 bits per heavy atom. The summed E-state index contributed by atoms with van der Waals surface area (Å²) in [6.07, 6.45) is 4.59. The Kier molecular flexibility index (Phi) is 3.41. The minimum absolute atomic E-state index is 0.0204. The summed E-state index contributed by atoms with van der Waals surface area (Å²) < 4.78 is 1.86. The van der Waals surface area contributed by atoms with E-state index in [-0.39, 0.29) is 17.7 Å². The Morgan fingerprint density at radius 1 is 1.71 bits per heavy atom. The van der Waals surface area contributed by atoms with Crippen LogP contribution < -0.4 is 10.6 Å². The quantitative estimate of drug-likeness (QED) is 0.747. The maximum Gasteiger partial charge on any atom is 0.225 e. The van der Waals surface area contributed by atoms with E-state index in [0.29, 0.717) is 25.9 Å². The molecule has 6 nitrogen and oxygen atoms in total. The number of hydrogen-bond acceptors (Lipinski definition) is 3. The molecule has 0 aliphatic carbocycles. The summed E-state index contributed by atoms with van der Waals surface area (Å²) in [5.41, 5.74) is 0. The normalized spacial score (nSPS) is 19.8. The fourth-order valence-electron chi connectivity index (χ4n) is 1.83. The minimum Gasteiger partial charge on any atom is -0.355 e. The zero-order chi connectivity index (χ0) is 12.3. The summed E-state index contributed by atoms with van der Waals surface area (Å²) in [5.74, 6) is 0.706. The molecule has 1 atom stereocenters. The summed E-state index contributed by atoms with van der Waals surface area (Å²) in [4.78, 5) is 26.9. The summed E-state index contributed by atoms with van der Waals surface area (Å²) in [6, 6.07) is 0. The Labute approximate surface area is 99.4 Å². The molecule has 0 bridgehead atoms. The number of aromatic nitrogens is 2. The third-order valence-electron chi connectivity index (χ3n) is 2.98. The highest BCUT2D eigenvalue weighted by Gasteiger charge is 2.24. The van der Waals surface area contributed by atoms with Gasteiger partial charge in [0.1, 0.15) is 5.82 Å². The molecule has 1 aromatic heterocycles. The lowest BCUT2D eigenvalue weighted by atomic mass is 9.98. The standard InChI is InChI=1S/C11H16N4O2/c1-15-5-4-12-9(15)7-14-11(17)8-2-3-10(16)13-6-8/h4-5,8H,2-3,6-7H2,1H3,(H,13,16)(H,14,17). The molecule has 6 heteroatoms. The lowest BCUT2D eigenvalue weighted by Gasteiger charge is -2.21. The van der Waals surface area contributed by atoms with E-state index in [1.54, 1.807) is 6.20 Å². The average molecular weight is 236 g/mol. The third kappa shape index (κ3) is 2.83. The number of carbonyl (C=O) groups is 2. The predicted molar refractivity (Wildman–Crippen MR) is 60.8 cm³/mol. The van der Waals surface area contributed by atoms with E-state index >= 15 is 0 Å². The molecule has 1 saturated heterocycles. The molecule has 2 N–H and O–H groups in total. The first-order valence-electron chi connectivity index (χ1n) is 5.67. The molecule has 0 radical (unpaired) electrons. The lowest BCUT2D eigenvalue weighted by molar-refractivity contribution is -0.129. The average Bonchev–Trinajstić information content (AvgIpc) is 2.73. The van der Waals surface area contributed by atoms with Gasteiger partial charge in [0, 0.05) is 32.4 Å². The maximum absolute atomic E-state index is 11.8. The Morgan fingerprint density at radius 2 is 2.53 bits per heavy atom. The van der Waals surface area contributed by atoms with Crippen molar-refractivity contribution < 1.29 is 9.59 Å². The molecule has 2 heterocycles. The van der Waals surface area contributed by atoms with Gasteiger partial charge in [0.05, 0.1) is 12.5 Å². The second-order valence-corrected chi connectivity index (χ2v) is 4.21. The number of amides is 2. The van der Waals surface area contributed by atoms with Crippen LogP contribution in [0.1, 0.15) is 18.7 Å². The first-order valence-corrected chi connectivity index (χ1v) is 5.67. The van der Waals surface area contributed by atoms with Gasteiger partial charge in [0.2, 0.25) is 11.8 Å². The van der Waals surface area contributed by atoms with Crippen LogP contribution in [0.3, 0.4) is 0 Å². The first kappa shape index (κ1) is 11.6. The Balaban J connectivity index is 1.81. The van der Waals surface area contributed by atoms with Crippen molar-refractivity contribution in [2.45, 2.75) is 19.4 Å². The monoisotopic (exact) mass is 236 g/mol. The highest BCUT2D eigenvalue weighted by Crippen LogP contribution is 2.10. The van der Waals surface area contributed by atoms with E-state index in [2.05, 4.69) is 15.6 Å². The van der Waals surface area contributed by atoms with E-state index < -0.39 is 0 Å². The van der Waals surface area contributed by atoms with Crippen LogP contribution in [0.5, 0.6) is 0 Å². The molecule has 2 amide bonds. The number of hydrogen-bond donors (Lipinski definition) is 2. The largest absolute Gasteiger partial charge is 0.355 e. The molecule has 1 unspecified atom stereocenters. The smallest absolute Gasteiger partial charge is 0.225 e. The van der Waals surface area contributed by atoms with Crippen LogP contribution in [0, 0.1) is 5.92 Å². The number of carbonyl (C=O) groups excluding carboxylic acids is 2. The van der Waals surface area contributed by atoms with Gasteiger partial charge in [-0.2, -0.15) is 0 Å². The number of aryl methyl sites for hydroxylation is 1. The second kappa shape index (κ2) is 4.99. The topological polar surface area (TPSA) is 76.0 Å². The van der Waals surface area contributed by atoms with Gasteiger partial charge in [0.15, 0.2) is 0 Å². The summed E-state index contributed by atoms with van der Waals surface area (Å²) >= 11 is 0. The zero-order valence-electron chi connectivity index (χ0n) is 9.77. The number of piperidine rings is 1. The van der Waals surface area contributed by atoms with Gasteiger partial charge in [-0.05, 0) is 6.42 Å². The van der Waals surface area contributed by atoms with E-state index in [1.165, 1.54) is 0 Å². The number of rotatable bonds is 3. The fourth-order valence-corrected chi connectivity index (χ4v) is 1.83. The van der Waals surface area contributed by atoms with Gasteiger partial charge in [-0.3, -0.25) is 9.59 Å². The molecule has 17 heavy (non-hydrogen) atoms. The van der Waals surface area contributed by atoms with Gasteiger partial charge in [0.25, 0.3) is 0 Å². The van der Waals surface area contributed by atoms with Crippen LogP contribution in [-0.2, 0) is 23.2 Å². The van der Waals surface area contributed by atoms with E-state index in [4.69, 9.17) is 0 Å². The fraction of sp³-hybridized carbons (Fsp3) is 0.545. The van der Waals surface area contributed by atoms with E-state index in [0.717, 1.165) is 5.82 Å². The van der Waals surface area contributed by atoms with Gasteiger partial charge in [-0.25, -0.2) is 4.98 Å². The van der Waals surface area contributed by atoms with Gasteiger partial charge in [-0.1, -0.05) is 0 Å². The lowest BCUT2D eigenvalue weighted by Crippen LogP contribution is -2.42. The number of imidazole rings is 1. The molecule has 0 aromatic carbocycles. The number of nitrogens with one attached hydrogen (secondary N) is 2. The number of nitrogens with zero attached hydrogens (tertiary/aromatic N) is 2. The van der Waals surface area contributed by atoms with Crippen molar-refractivity contribution in [3.8, 4) is 0 Å². The third-order valence-corrected chi connectivity index (χ3v) is 2.98. The van der Waals surface area contributed by atoms with Crippen molar-refractivity contribution in [1.82, 2.24) is 20.2 Å². The molecular formula is C11H16N4O2. The van der Waals surface area contributed by atoms with Crippen LogP contribution in [0.25, 0.3) is 0 Å². The van der Waals surface area contributed by atoms with E-state index in [1.807, 2.05) is 17.8 Å². The van der Waals surface area contributed by atoms with E-state index in [9.17, 15) is 9.59 Å². The summed E-state index contributed by atoms with van der Waals surface area (Å²) in [5, 5.41) is 5.53. The second-order valence-electron chi connectivity index (χ2n) is 4.21. The highest BCUT2D eigenvalue weighted by atomic mass is 16.2. The molecular weight excluding hydrogens is 220 g/mol. The SMILES string of the molecule is Cn1ccnc1CNC(=O)C1CCC(=O)NC1. The van der Waals surface area contributed by atoms with Crippen LogP contribution in [0.15, 0.2) is 12.4 Å². The van der Waals surface area contributed by atoms with Crippen molar-refractivity contribution in [2.24, 2.45) is 13.0 Å².